The van der Waals surface area contributed by atoms with Crippen LogP contribution in [-0.2, 0) is 0 Å². The van der Waals surface area contributed by atoms with Gasteiger partial charge in [0.05, 0.1) is 6.20 Å². The number of hydrogen-bond acceptors (Lipinski definition) is 4. The third kappa shape index (κ3) is 3.30. The number of anilines is 1. The monoisotopic (exact) mass is 254 g/mol. The van der Waals surface area contributed by atoms with Crippen LogP contribution in [0.4, 0.5) is 5.82 Å². The molecular weight excluding hydrogens is 236 g/mol. The summed E-state index contributed by atoms with van der Waals surface area (Å²) in [5.41, 5.74) is 0.334. The van der Waals surface area contributed by atoms with Crippen molar-refractivity contribution in [2.75, 3.05) is 32.0 Å². The Hall–Kier alpha value is -0.870. The van der Waals surface area contributed by atoms with Crippen LogP contribution in [0.1, 0.15) is 19.8 Å². The zero-order chi connectivity index (χ0) is 12.3. The Labute approximate surface area is 107 Å². The van der Waals surface area contributed by atoms with E-state index in [4.69, 9.17) is 11.6 Å². The van der Waals surface area contributed by atoms with Gasteiger partial charge in [0.1, 0.15) is 17.2 Å². The van der Waals surface area contributed by atoms with E-state index in [9.17, 15) is 0 Å². The summed E-state index contributed by atoms with van der Waals surface area (Å²) in [7, 11) is 2.17. The van der Waals surface area contributed by atoms with Gasteiger partial charge in [-0.05, 0) is 38.4 Å². The molecule has 0 bridgehead atoms. The quantitative estimate of drug-likeness (QED) is 0.899. The van der Waals surface area contributed by atoms with Gasteiger partial charge >= 0.3 is 0 Å². The summed E-state index contributed by atoms with van der Waals surface area (Å²) in [5.74, 6) is 0.738. The first kappa shape index (κ1) is 12.6. The molecule has 0 aromatic carbocycles. The smallest absolute Gasteiger partial charge is 0.148 e. The minimum Gasteiger partial charge on any atom is -0.368 e. The fraction of sp³-hybridized carbons (Fsp3) is 0.667. The molecule has 4 nitrogen and oxygen atoms in total. The molecule has 0 unspecified atom stereocenters. The molecule has 1 aromatic heterocycles. The maximum Gasteiger partial charge on any atom is 0.148 e. The molecule has 1 aromatic rings. The van der Waals surface area contributed by atoms with Crippen molar-refractivity contribution in [1.82, 2.24) is 14.9 Å². The first-order valence-corrected chi connectivity index (χ1v) is 6.35. The number of piperidine rings is 1. The standard InChI is InChI=1S/C12H19ClN4/c1-12(3-5-17(2)6-4-12)8-15-11-10(13)7-14-9-16-11/h7,9H,3-6,8H2,1-2H3,(H,14,15,16). The second-order valence-electron chi connectivity index (χ2n) is 5.19. The van der Waals surface area contributed by atoms with E-state index in [-0.39, 0.29) is 0 Å². The van der Waals surface area contributed by atoms with E-state index in [2.05, 4.69) is 34.2 Å². The molecule has 2 heterocycles. The van der Waals surface area contributed by atoms with E-state index in [1.807, 2.05) is 0 Å². The van der Waals surface area contributed by atoms with Gasteiger partial charge in [-0.3, -0.25) is 0 Å². The highest BCUT2D eigenvalue weighted by atomic mass is 35.5. The highest BCUT2D eigenvalue weighted by Crippen LogP contribution is 2.31. The summed E-state index contributed by atoms with van der Waals surface area (Å²) in [5, 5.41) is 3.92. The summed E-state index contributed by atoms with van der Waals surface area (Å²) >= 11 is 6.01. The van der Waals surface area contributed by atoms with Gasteiger partial charge < -0.3 is 10.2 Å². The molecule has 0 amide bonds. The Morgan fingerprint density at radius 2 is 2.18 bits per heavy atom. The summed E-state index contributed by atoms with van der Waals surface area (Å²) in [6, 6.07) is 0. The molecule has 0 saturated carbocycles. The van der Waals surface area contributed by atoms with Crippen LogP contribution in [0.15, 0.2) is 12.5 Å². The lowest BCUT2D eigenvalue weighted by Crippen LogP contribution is -2.40. The van der Waals surface area contributed by atoms with Crippen molar-refractivity contribution < 1.29 is 0 Å². The maximum absolute atomic E-state index is 6.01. The van der Waals surface area contributed by atoms with Gasteiger partial charge in [0.25, 0.3) is 0 Å². The molecule has 94 valence electrons. The van der Waals surface area contributed by atoms with Crippen molar-refractivity contribution in [2.45, 2.75) is 19.8 Å². The zero-order valence-electron chi connectivity index (χ0n) is 10.4. The van der Waals surface area contributed by atoms with Crippen LogP contribution in [0, 0.1) is 5.41 Å². The van der Waals surface area contributed by atoms with Crippen molar-refractivity contribution in [3.8, 4) is 0 Å². The van der Waals surface area contributed by atoms with Crippen LogP contribution < -0.4 is 5.32 Å². The Kier molecular flexibility index (Phi) is 3.84. The van der Waals surface area contributed by atoms with Crippen molar-refractivity contribution in [3.05, 3.63) is 17.5 Å². The molecule has 17 heavy (non-hydrogen) atoms. The Morgan fingerprint density at radius 3 is 2.82 bits per heavy atom. The largest absolute Gasteiger partial charge is 0.368 e. The van der Waals surface area contributed by atoms with Crippen LogP contribution in [0.5, 0.6) is 0 Å². The van der Waals surface area contributed by atoms with Gasteiger partial charge in [0.15, 0.2) is 0 Å². The number of nitrogens with one attached hydrogen (secondary N) is 1. The highest BCUT2D eigenvalue weighted by Gasteiger charge is 2.28. The molecular formula is C12H19ClN4. The molecule has 0 spiro atoms. The van der Waals surface area contributed by atoms with E-state index in [1.54, 1.807) is 6.20 Å². The molecule has 1 aliphatic heterocycles. The maximum atomic E-state index is 6.01. The summed E-state index contributed by atoms with van der Waals surface area (Å²) in [4.78, 5) is 10.4. The third-order valence-corrected chi connectivity index (χ3v) is 3.82. The Balaban J connectivity index is 1.92. The summed E-state index contributed by atoms with van der Waals surface area (Å²) in [6.45, 7) is 5.56. The fourth-order valence-electron chi connectivity index (χ4n) is 2.07. The molecule has 1 saturated heterocycles. The number of rotatable bonds is 3. The summed E-state index contributed by atoms with van der Waals surface area (Å²) in [6.07, 6.45) is 5.55. The SMILES string of the molecule is CN1CCC(C)(CNc2ncncc2Cl)CC1. The number of likely N-dealkylation sites (tertiary alicyclic amines) is 1. The highest BCUT2D eigenvalue weighted by molar-refractivity contribution is 6.32. The first-order chi connectivity index (χ1) is 8.09. The number of nitrogens with zero attached hydrogens (tertiary/aromatic N) is 3. The van der Waals surface area contributed by atoms with E-state index < -0.39 is 0 Å². The normalized spacial score (nSPS) is 20.2. The lowest BCUT2D eigenvalue weighted by atomic mass is 9.80. The molecule has 1 fully saturated rings. The van der Waals surface area contributed by atoms with Gasteiger partial charge in [-0.15, -0.1) is 0 Å². The summed E-state index contributed by atoms with van der Waals surface area (Å²) < 4.78 is 0. The van der Waals surface area contributed by atoms with Crippen LogP contribution in [0.2, 0.25) is 5.02 Å². The van der Waals surface area contributed by atoms with Crippen LogP contribution >= 0.6 is 11.6 Å². The van der Waals surface area contributed by atoms with Gasteiger partial charge in [-0.2, -0.15) is 0 Å². The minimum atomic E-state index is 0.334. The van der Waals surface area contributed by atoms with E-state index in [0.29, 0.717) is 10.4 Å². The van der Waals surface area contributed by atoms with Crippen molar-refractivity contribution >= 4 is 17.4 Å². The average molecular weight is 255 g/mol. The second-order valence-corrected chi connectivity index (χ2v) is 5.59. The van der Waals surface area contributed by atoms with Crippen molar-refractivity contribution in [1.29, 1.82) is 0 Å². The van der Waals surface area contributed by atoms with E-state index in [1.165, 1.54) is 19.2 Å². The predicted molar refractivity (Wildman–Crippen MR) is 70.4 cm³/mol. The number of aromatic nitrogens is 2. The lowest BCUT2D eigenvalue weighted by molar-refractivity contribution is 0.150. The van der Waals surface area contributed by atoms with Gasteiger partial charge in [0, 0.05) is 6.54 Å². The molecule has 2 rings (SSSR count). The van der Waals surface area contributed by atoms with Gasteiger partial charge in [0.2, 0.25) is 0 Å². The van der Waals surface area contributed by atoms with Crippen molar-refractivity contribution in [2.24, 2.45) is 5.41 Å². The van der Waals surface area contributed by atoms with Crippen LogP contribution in [0.25, 0.3) is 0 Å². The fourth-order valence-corrected chi connectivity index (χ4v) is 2.25. The molecule has 1 aliphatic rings. The number of halogens is 1. The third-order valence-electron chi connectivity index (χ3n) is 3.54. The molecule has 0 atom stereocenters. The zero-order valence-corrected chi connectivity index (χ0v) is 11.2. The number of hydrogen-bond donors (Lipinski definition) is 1. The van der Waals surface area contributed by atoms with E-state index in [0.717, 1.165) is 25.5 Å². The molecule has 5 heteroatoms. The van der Waals surface area contributed by atoms with Crippen molar-refractivity contribution in [3.63, 3.8) is 0 Å². The lowest BCUT2D eigenvalue weighted by Gasteiger charge is -2.38. The van der Waals surface area contributed by atoms with Gasteiger partial charge in [-0.25, -0.2) is 9.97 Å². The average Bonchev–Trinajstić information content (AvgIpc) is 2.33. The predicted octanol–water partition coefficient (Wildman–Crippen LogP) is 2.27. The Bertz CT molecular complexity index is 375. The molecule has 1 N–H and O–H groups in total. The van der Waals surface area contributed by atoms with Crippen LogP contribution in [0.3, 0.4) is 0 Å². The Morgan fingerprint density at radius 1 is 1.47 bits per heavy atom. The second kappa shape index (κ2) is 5.19. The van der Waals surface area contributed by atoms with Gasteiger partial charge in [-0.1, -0.05) is 18.5 Å². The molecule has 0 radical (unpaired) electrons. The van der Waals surface area contributed by atoms with Crippen LogP contribution in [-0.4, -0.2) is 41.5 Å². The molecule has 0 aliphatic carbocycles. The van der Waals surface area contributed by atoms with E-state index >= 15 is 0 Å². The minimum absolute atomic E-state index is 0.334. The topological polar surface area (TPSA) is 41.0 Å². The first-order valence-electron chi connectivity index (χ1n) is 5.97.